The number of ether oxygens (including phenoxy) is 3. The molecule has 3 atom stereocenters. The molecular weight excluding hydrogens is 617 g/mol. The minimum absolute atomic E-state index is 0.0474. The third-order valence-electron chi connectivity index (χ3n) is 7.61. The third kappa shape index (κ3) is 10.5. The molecule has 1 aromatic rings. The van der Waals surface area contributed by atoms with Gasteiger partial charge in [-0.2, -0.15) is 24.9 Å². The average Bonchev–Trinajstić information content (AvgIpc) is 3.65. The summed E-state index contributed by atoms with van der Waals surface area (Å²) < 4.78 is 55.6. The second-order valence-electron chi connectivity index (χ2n) is 11.0. The van der Waals surface area contributed by atoms with E-state index < -0.39 is 11.8 Å². The summed E-state index contributed by atoms with van der Waals surface area (Å²) in [6, 6.07) is 5.44. The first-order valence-corrected chi connectivity index (χ1v) is 16.3. The quantitative estimate of drug-likeness (QED) is 0.117. The molecule has 0 saturated carbocycles. The average molecular weight is 659 g/mol. The second kappa shape index (κ2) is 17.1. The van der Waals surface area contributed by atoms with Gasteiger partial charge in [0.25, 0.3) is 5.91 Å². The van der Waals surface area contributed by atoms with Crippen LogP contribution in [0.15, 0.2) is 34.5 Å². The van der Waals surface area contributed by atoms with Crippen molar-refractivity contribution in [2.24, 2.45) is 10.2 Å². The number of benzene rings is 1. The molecule has 16 heteroatoms. The van der Waals surface area contributed by atoms with E-state index in [1.54, 1.807) is 0 Å². The van der Waals surface area contributed by atoms with Crippen LogP contribution in [0.3, 0.4) is 0 Å². The van der Waals surface area contributed by atoms with Crippen molar-refractivity contribution in [1.82, 2.24) is 21.3 Å². The number of thioether (sulfide) groups is 1. The smallest absolute Gasteiger partial charge is 0.379 e. The number of carbonyl (C=O) groups is 3. The largest absolute Gasteiger partial charge is 0.442 e. The highest BCUT2D eigenvalue weighted by Crippen LogP contribution is 2.52. The number of alkyl halides is 3. The maximum atomic E-state index is 13.1. The van der Waals surface area contributed by atoms with Gasteiger partial charge in [-0.1, -0.05) is 18.6 Å². The van der Waals surface area contributed by atoms with E-state index in [-0.39, 0.29) is 41.1 Å². The van der Waals surface area contributed by atoms with Gasteiger partial charge < -0.3 is 35.5 Å². The summed E-state index contributed by atoms with van der Waals surface area (Å²) in [7, 11) is 0. The molecule has 0 bridgehead atoms. The predicted octanol–water partition coefficient (Wildman–Crippen LogP) is 3.27. The van der Waals surface area contributed by atoms with Crippen molar-refractivity contribution in [2.75, 3.05) is 58.5 Å². The number of halogens is 3. The molecule has 0 aliphatic carbocycles. The number of hydrogen-bond acceptors (Lipinski definition) is 9. The maximum Gasteiger partial charge on any atom is 0.442 e. The normalized spacial score (nSPS) is 21.2. The lowest BCUT2D eigenvalue weighted by molar-refractivity contribution is -0.166. The second-order valence-corrected chi connectivity index (χ2v) is 12.2. The molecule has 3 aliphatic heterocycles. The first-order chi connectivity index (χ1) is 21.7. The SMILES string of the molecule is O=C(CCCC[C@@H]1SC[C@@H]2NC(=O)N[C@@H]21)NCCCOCCOCCOCCCNC(=O)c1ccc(C2(C(F)(F)F)N=N2)cc1. The number of hydrogen-bond donors (Lipinski definition) is 4. The Labute approximate surface area is 264 Å². The van der Waals surface area contributed by atoms with Gasteiger partial charge in [0.2, 0.25) is 5.91 Å². The van der Waals surface area contributed by atoms with Gasteiger partial charge in [0.1, 0.15) is 0 Å². The van der Waals surface area contributed by atoms with E-state index in [0.717, 1.165) is 31.4 Å². The lowest BCUT2D eigenvalue weighted by Crippen LogP contribution is -2.36. The molecule has 250 valence electrons. The molecule has 2 saturated heterocycles. The summed E-state index contributed by atoms with van der Waals surface area (Å²) in [6.45, 7) is 3.53. The van der Waals surface area contributed by atoms with Gasteiger partial charge in [-0.05, 0) is 37.8 Å². The first kappa shape index (κ1) is 34.9. The van der Waals surface area contributed by atoms with Crippen LogP contribution in [0.25, 0.3) is 0 Å². The summed E-state index contributed by atoms with van der Waals surface area (Å²) in [4.78, 5) is 35.7. The highest BCUT2D eigenvalue weighted by molar-refractivity contribution is 8.00. The summed E-state index contributed by atoms with van der Waals surface area (Å²) in [5.41, 5.74) is -2.36. The number of urea groups is 1. The number of fused-ring (bicyclic) bond motifs is 1. The lowest BCUT2D eigenvalue weighted by atomic mass is 10.0. The fourth-order valence-electron chi connectivity index (χ4n) is 5.08. The molecule has 1 aromatic carbocycles. The minimum Gasteiger partial charge on any atom is -0.379 e. The van der Waals surface area contributed by atoms with Crippen LogP contribution in [-0.2, 0) is 24.7 Å². The Kier molecular flexibility index (Phi) is 13.3. The fourth-order valence-corrected chi connectivity index (χ4v) is 6.62. The van der Waals surface area contributed by atoms with Gasteiger partial charge in [0, 0.05) is 54.9 Å². The number of carbonyl (C=O) groups excluding carboxylic acids is 3. The van der Waals surface area contributed by atoms with Gasteiger partial charge in [-0.15, -0.1) is 10.2 Å². The Hall–Kier alpha value is -2.95. The zero-order valence-electron chi connectivity index (χ0n) is 25.0. The van der Waals surface area contributed by atoms with Gasteiger partial charge in [0.15, 0.2) is 0 Å². The van der Waals surface area contributed by atoms with Crippen LogP contribution in [0, 0.1) is 0 Å². The first-order valence-electron chi connectivity index (χ1n) is 15.3. The number of rotatable bonds is 21. The molecule has 0 unspecified atom stereocenters. The van der Waals surface area contributed by atoms with E-state index in [4.69, 9.17) is 14.2 Å². The van der Waals surface area contributed by atoms with Crippen molar-refractivity contribution in [3.8, 4) is 0 Å². The van der Waals surface area contributed by atoms with Crippen molar-refractivity contribution in [1.29, 1.82) is 0 Å². The standard InChI is InChI=1S/C29H41F3N6O6S/c30-29(31,32)28(37-38-28)21-9-7-20(8-10-21)26(40)34-12-4-14-43-16-18-44-17-15-42-13-3-11-33-24(39)6-2-1-5-23-25-22(19-45-23)35-27(41)36-25/h7-10,22-23,25H,1-6,11-19H2,(H,33,39)(H,34,40)(H2,35,36,41)/t22-,23-,25-/m0/s1. The molecule has 3 aliphatic rings. The topological polar surface area (TPSA) is 152 Å². The van der Waals surface area contributed by atoms with Crippen molar-refractivity contribution < 1.29 is 41.8 Å². The third-order valence-corrected chi connectivity index (χ3v) is 9.12. The molecule has 4 N–H and O–H groups in total. The molecule has 4 amide bonds. The van der Waals surface area contributed by atoms with E-state index in [0.29, 0.717) is 70.8 Å². The van der Waals surface area contributed by atoms with E-state index in [2.05, 4.69) is 31.5 Å². The minimum atomic E-state index is -4.60. The van der Waals surface area contributed by atoms with Crippen LogP contribution < -0.4 is 21.3 Å². The van der Waals surface area contributed by atoms with Gasteiger partial charge >= 0.3 is 17.9 Å². The van der Waals surface area contributed by atoms with Gasteiger partial charge in [-0.25, -0.2) is 4.79 Å². The number of amides is 4. The summed E-state index contributed by atoms with van der Waals surface area (Å²) in [5, 5.41) is 18.3. The van der Waals surface area contributed by atoms with E-state index in [9.17, 15) is 27.6 Å². The number of nitrogens with one attached hydrogen (secondary N) is 4. The molecule has 2 fully saturated rings. The van der Waals surface area contributed by atoms with E-state index >= 15 is 0 Å². The summed E-state index contributed by atoms with van der Waals surface area (Å²) >= 11 is 1.89. The van der Waals surface area contributed by atoms with Crippen molar-refractivity contribution in [3.63, 3.8) is 0 Å². The molecule has 12 nitrogen and oxygen atoms in total. The molecule has 0 spiro atoms. The Morgan fingerprint density at radius 3 is 2.13 bits per heavy atom. The molecule has 4 rings (SSSR count). The van der Waals surface area contributed by atoms with Crippen molar-refractivity contribution in [3.05, 3.63) is 35.4 Å². The van der Waals surface area contributed by atoms with Crippen LogP contribution in [0.4, 0.5) is 18.0 Å². The summed E-state index contributed by atoms with van der Waals surface area (Å²) in [5.74, 6) is 0.606. The molecule has 0 aromatic heterocycles. The van der Waals surface area contributed by atoms with Crippen LogP contribution >= 0.6 is 11.8 Å². The van der Waals surface area contributed by atoms with Gasteiger partial charge in [-0.3, -0.25) is 9.59 Å². The zero-order valence-corrected chi connectivity index (χ0v) is 25.9. The van der Waals surface area contributed by atoms with E-state index in [1.165, 1.54) is 24.3 Å². The highest BCUT2D eigenvalue weighted by Gasteiger charge is 2.65. The van der Waals surface area contributed by atoms with Gasteiger partial charge in [0.05, 0.1) is 38.5 Å². The predicted molar refractivity (Wildman–Crippen MR) is 160 cm³/mol. The van der Waals surface area contributed by atoms with Crippen LogP contribution in [0.1, 0.15) is 54.4 Å². The zero-order chi connectivity index (χ0) is 32.1. The summed E-state index contributed by atoms with van der Waals surface area (Å²) in [6.07, 6.45) is -0.0222. The highest BCUT2D eigenvalue weighted by atomic mass is 32.2. The fraction of sp³-hybridized carbons (Fsp3) is 0.690. The van der Waals surface area contributed by atoms with Crippen LogP contribution in [0.2, 0.25) is 0 Å². The molecular formula is C29H41F3N6O6S. The molecule has 45 heavy (non-hydrogen) atoms. The van der Waals surface area contributed by atoms with Crippen molar-refractivity contribution in [2.45, 2.75) is 67.7 Å². The van der Waals surface area contributed by atoms with E-state index in [1.807, 2.05) is 11.8 Å². The number of unbranched alkanes of at least 4 members (excludes halogenated alkanes) is 1. The van der Waals surface area contributed by atoms with Crippen LogP contribution in [-0.4, -0.2) is 99.8 Å². The molecule has 0 radical (unpaired) electrons. The van der Waals surface area contributed by atoms with Crippen molar-refractivity contribution >= 4 is 29.6 Å². The maximum absolute atomic E-state index is 13.1. The Morgan fingerprint density at radius 1 is 0.889 bits per heavy atom. The molecule has 3 heterocycles. The lowest BCUT2D eigenvalue weighted by Gasteiger charge is -2.16. The Morgan fingerprint density at radius 2 is 1.51 bits per heavy atom. The Balaban J connectivity index is 0.878. The monoisotopic (exact) mass is 658 g/mol. The van der Waals surface area contributed by atoms with Crippen LogP contribution in [0.5, 0.6) is 0 Å². The Bertz CT molecular complexity index is 1150. The number of nitrogens with zero attached hydrogens (tertiary/aromatic N) is 2.